The van der Waals surface area contributed by atoms with Crippen LogP contribution in [0.2, 0.25) is 0 Å². The van der Waals surface area contributed by atoms with Crippen LogP contribution >= 0.6 is 0 Å². The van der Waals surface area contributed by atoms with Gasteiger partial charge in [0.2, 0.25) is 0 Å². The molecule has 0 aliphatic rings. The highest BCUT2D eigenvalue weighted by atomic mass is 16.5. The Morgan fingerprint density at radius 3 is 2.35 bits per heavy atom. The van der Waals surface area contributed by atoms with Crippen LogP contribution in [0.3, 0.4) is 0 Å². The Morgan fingerprint density at radius 1 is 0.923 bits per heavy atom. The Bertz CT molecular complexity index is 951. The monoisotopic (exact) mass is 347 g/mol. The number of anilines is 1. The van der Waals surface area contributed by atoms with E-state index in [1.54, 1.807) is 49.4 Å². The lowest BCUT2D eigenvalue weighted by Crippen LogP contribution is -2.14. The van der Waals surface area contributed by atoms with Crippen molar-refractivity contribution in [2.24, 2.45) is 0 Å². The van der Waals surface area contributed by atoms with Gasteiger partial charge in [-0.15, -0.1) is 0 Å². The highest BCUT2D eigenvalue weighted by molar-refractivity contribution is 6.07. The van der Waals surface area contributed by atoms with Crippen molar-refractivity contribution < 1.29 is 19.4 Å². The fourth-order valence-corrected chi connectivity index (χ4v) is 2.44. The van der Waals surface area contributed by atoms with Crippen molar-refractivity contribution in [1.29, 1.82) is 0 Å². The summed E-state index contributed by atoms with van der Waals surface area (Å²) in [6.45, 7) is 1.80. The maximum atomic E-state index is 12.7. The summed E-state index contributed by atoms with van der Waals surface area (Å²) in [6, 6.07) is 20.7. The van der Waals surface area contributed by atoms with Crippen molar-refractivity contribution in [1.82, 2.24) is 0 Å². The minimum absolute atomic E-state index is 0.111. The Kier molecular flexibility index (Phi) is 4.99. The summed E-state index contributed by atoms with van der Waals surface area (Å²) in [5.74, 6) is -0.379. The van der Waals surface area contributed by atoms with Crippen LogP contribution in [0, 0.1) is 6.92 Å². The summed E-state index contributed by atoms with van der Waals surface area (Å²) in [5.41, 5.74) is 1.69. The number of hydrogen-bond acceptors (Lipinski definition) is 3. The van der Waals surface area contributed by atoms with Gasteiger partial charge in [-0.05, 0) is 48.9 Å². The van der Waals surface area contributed by atoms with Crippen LogP contribution in [0.25, 0.3) is 0 Å². The maximum absolute atomic E-state index is 12.7. The topological polar surface area (TPSA) is 75.6 Å². The van der Waals surface area contributed by atoms with Gasteiger partial charge < -0.3 is 15.2 Å². The average Bonchev–Trinajstić information content (AvgIpc) is 2.64. The number of carbonyl (C=O) groups is 2. The number of aryl methyl sites for hydroxylation is 1. The maximum Gasteiger partial charge on any atom is 0.335 e. The zero-order valence-electron chi connectivity index (χ0n) is 14.1. The number of para-hydroxylation sites is 2. The molecule has 0 saturated carbocycles. The molecule has 0 aliphatic carbocycles. The molecular formula is C21H17NO4. The second kappa shape index (κ2) is 7.53. The molecule has 0 unspecified atom stereocenters. The van der Waals surface area contributed by atoms with Crippen LogP contribution < -0.4 is 10.1 Å². The molecule has 0 radical (unpaired) electrons. The van der Waals surface area contributed by atoms with Crippen molar-refractivity contribution in [2.45, 2.75) is 6.92 Å². The van der Waals surface area contributed by atoms with Gasteiger partial charge in [0.15, 0.2) is 0 Å². The fraction of sp³-hybridized carbons (Fsp3) is 0.0476. The van der Waals surface area contributed by atoms with Crippen LogP contribution in [-0.2, 0) is 0 Å². The summed E-state index contributed by atoms with van der Waals surface area (Å²) < 4.78 is 5.81. The van der Waals surface area contributed by atoms with E-state index >= 15 is 0 Å². The molecule has 0 bridgehead atoms. The zero-order valence-corrected chi connectivity index (χ0v) is 14.1. The van der Waals surface area contributed by atoms with E-state index in [9.17, 15) is 9.59 Å². The third-order valence-corrected chi connectivity index (χ3v) is 3.84. The Labute approximate surface area is 150 Å². The fourth-order valence-electron chi connectivity index (χ4n) is 2.44. The first-order valence-corrected chi connectivity index (χ1v) is 8.02. The Balaban J connectivity index is 1.87. The zero-order chi connectivity index (χ0) is 18.5. The molecule has 130 valence electrons. The van der Waals surface area contributed by atoms with Crippen molar-refractivity contribution in [3.63, 3.8) is 0 Å². The summed E-state index contributed by atoms with van der Waals surface area (Å²) in [6.07, 6.45) is 0. The van der Waals surface area contributed by atoms with E-state index in [0.29, 0.717) is 22.7 Å². The third-order valence-electron chi connectivity index (χ3n) is 3.84. The van der Waals surface area contributed by atoms with E-state index in [0.717, 1.165) is 5.56 Å². The molecule has 0 fully saturated rings. The molecular weight excluding hydrogens is 330 g/mol. The molecule has 0 saturated heterocycles. The van der Waals surface area contributed by atoms with Crippen LogP contribution in [-0.4, -0.2) is 17.0 Å². The molecule has 26 heavy (non-hydrogen) atoms. The van der Waals surface area contributed by atoms with E-state index < -0.39 is 5.97 Å². The van der Waals surface area contributed by atoms with Gasteiger partial charge in [0.05, 0.1) is 11.1 Å². The molecule has 0 aromatic heterocycles. The summed E-state index contributed by atoms with van der Waals surface area (Å²) >= 11 is 0. The van der Waals surface area contributed by atoms with Crippen LogP contribution in [0.15, 0.2) is 72.8 Å². The standard InChI is InChI=1S/C21H17NO4/c1-14-11-12-15(21(24)25)13-18(14)22-20(23)17-9-5-6-10-19(17)26-16-7-3-2-4-8-16/h2-13H,1H3,(H,22,23)(H,24,25). The molecule has 0 spiro atoms. The van der Waals surface area contributed by atoms with Crippen molar-refractivity contribution >= 4 is 17.6 Å². The third kappa shape index (κ3) is 3.89. The lowest BCUT2D eigenvalue weighted by Gasteiger charge is -2.13. The first kappa shape index (κ1) is 17.2. The van der Waals surface area contributed by atoms with E-state index in [4.69, 9.17) is 9.84 Å². The molecule has 0 atom stereocenters. The predicted octanol–water partition coefficient (Wildman–Crippen LogP) is 4.74. The second-order valence-electron chi connectivity index (χ2n) is 5.70. The summed E-state index contributed by atoms with van der Waals surface area (Å²) in [5, 5.41) is 11.9. The smallest absolute Gasteiger partial charge is 0.335 e. The first-order valence-electron chi connectivity index (χ1n) is 8.02. The predicted molar refractivity (Wildman–Crippen MR) is 99.0 cm³/mol. The molecule has 0 aliphatic heterocycles. The number of ether oxygens (including phenoxy) is 1. The van der Waals surface area contributed by atoms with Gasteiger partial charge in [0.25, 0.3) is 5.91 Å². The van der Waals surface area contributed by atoms with E-state index in [1.165, 1.54) is 12.1 Å². The minimum atomic E-state index is -1.05. The first-order chi connectivity index (χ1) is 12.5. The van der Waals surface area contributed by atoms with Gasteiger partial charge in [-0.2, -0.15) is 0 Å². The highest BCUT2D eigenvalue weighted by Crippen LogP contribution is 2.26. The van der Waals surface area contributed by atoms with Crippen molar-refractivity contribution in [3.8, 4) is 11.5 Å². The van der Waals surface area contributed by atoms with Crippen molar-refractivity contribution in [3.05, 3.63) is 89.5 Å². The number of carboxylic acid groups (broad SMARTS) is 1. The van der Waals surface area contributed by atoms with E-state index in [2.05, 4.69) is 5.32 Å². The number of amides is 1. The molecule has 5 heteroatoms. The number of rotatable bonds is 5. The average molecular weight is 347 g/mol. The van der Waals surface area contributed by atoms with Gasteiger partial charge in [-0.1, -0.05) is 36.4 Å². The largest absolute Gasteiger partial charge is 0.478 e. The number of benzene rings is 3. The number of aromatic carboxylic acids is 1. The van der Waals surface area contributed by atoms with Gasteiger partial charge in [-0.25, -0.2) is 4.79 Å². The molecule has 3 aromatic rings. The normalized spacial score (nSPS) is 10.2. The molecule has 5 nitrogen and oxygen atoms in total. The highest BCUT2D eigenvalue weighted by Gasteiger charge is 2.15. The molecule has 0 heterocycles. The van der Waals surface area contributed by atoms with Crippen LogP contribution in [0.4, 0.5) is 5.69 Å². The van der Waals surface area contributed by atoms with Crippen molar-refractivity contribution in [2.75, 3.05) is 5.32 Å². The van der Waals surface area contributed by atoms with E-state index in [-0.39, 0.29) is 11.5 Å². The van der Waals surface area contributed by atoms with Gasteiger partial charge in [0.1, 0.15) is 11.5 Å². The van der Waals surface area contributed by atoms with Crippen LogP contribution in [0.5, 0.6) is 11.5 Å². The molecule has 3 aromatic carbocycles. The molecule has 1 amide bonds. The van der Waals surface area contributed by atoms with Gasteiger partial charge in [-0.3, -0.25) is 4.79 Å². The number of carbonyl (C=O) groups excluding carboxylic acids is 1. The minimum Gasteiger partial charge on any atom is -0.478 e. The summed E-state index contributed by atoms with van der Waals surface area (Å²) in [4.78, 5) is 23.9. The van der Waals surface area contributed by atoms with Gasteiger partial charge in [0, 0.05) is 5.69 Å². The molecule has 3 rings (SSSR count). The number of hydrogen-bond donors (Lipinski definition) is 2. The second-order valence-corrected chi connectivity index (χ2v) is 5.70. The molecule has 2 N–H and O–H groups in total. The Hall–Kier alpha value is -3.60. The lowest BCUT2D eigenvalue weighted by molar-refractivity contribution is 0.0696. The SMILES string of the molecule is Cc1ccc(C(=O)O)cc1NC(=O)c1ccccc1Oc1ccccc1. The number of carboxylic acids is 1. The van der Waals surface area contributed by atoms with Crippen LogP contribution in [0.1, 0.15) is 26.3 Å². The van der Waals surface area contributed by atoms with Gasteiger partial charge >= 0.3 is 5.97 Å². The Morgan fingerprint density at radius 2 is 1.62 bits per heavy atom. The van der Waals surface area contributed by atoms with E-state index in [1.807, 2.05) is 18.2 Å². The quantitative estimate of drug-likeness (QED) is 0.699. The number of nitrogens with one attached hydrogen (secondary N) is 1. The lowest BCUT2D eigenvalue weighted by atomic mass is 10.1. The summed E-state index contributed by atoms with van der Waals surface area (Å²) in [7, 11) is 0.